The van der Waals surface area contributed by atoms with Gasteiger partial charge in [-0.2, -0.15) is 11.8 Å². The van der Waals surface area contributed by atoms with Gasteiger partial charge in [-0.05, 0) is 32.2 Å². The maximum Gasteiger partial charge on any atom is 0.323 e. The third-order valence-electron chi connectivity index (χ3n) is 3.53. The summed E-state index contributed by atoms with van der Waals surface area (Å²) >= 11 is 1.72. The summed E-state index contributed by atoms with van der Waals surface area (Å²) in [6.45, 7) is 3.97. The fourth-order valence-corrected chi connectivity index (χ4v) is 2.75. The average Bonchev–Trinajstić information content (AvgIpc) is 2.88. The largest absolute Gasteiger partial charge is 0.324 e. The first-order valence-electron chi connectivity index (χ1n) is 7.17. The summed E-state index contributed by atoms with van der Waals surface area (Å²) in [4.78, 5) is 14.0. The zero-order chi connectivity index (χ0) is 16.1. The molecular weight excluding hydrogens is 296 g/mol. The second-order valence-corrected chi connectivity index (χ2v) is 6.20. The number of carbonyl (C=O) groups excluding carboxylic acids is 1. The number of carbonyl (C=O) groups is 1. The SMILES string of the molecule is CSC[C@H](C)N(C)C(=O)Nc1nn(-c2ccccc2)cc1C. The lowest BCUT2D eigenvalue weighted by Gasteiger charge is -2.24. The average molecular weight is 318 g/mol. The molecule has 0 bridgehead atoms. The zero-order valence-electron chi connectivity index (χ0n) is 13.4. The summed E-state index contributed by atoms with van der Waals surface area (Å²) in [6.07, 6.45) is 3.95. The van der Waals surface area contributed by atoms with Gasteiger partial charge in [0.15, 0.2) is 5.82 Å². The van der Waals surface area contributed by atoms with E-state index in [0.717, 1.165) is 17.0 Å². The van der Waals surface area contributed by atoms with Crippen LogP contribution in [0.3, 0.4) is 0 Å². The normalized spacial score (nSPS) is 12.0. The van der Waals surface area contributed by atoms with Crippen LogP contribution in [0.5, 0.6) is 0 Å². The highest BCUT2D eigenvalue weighted by Crippen LogP contribution is 2.16. The second-order valence-electron chi connectivity index (χ2n) is 5.29. The van der Waals surface area contributed by atoms with E-state index in [1.54, 1.807) is 28.4 Å². The summed E-state index contributed by atoms with van der Waals surface area (Å²) in [6, 6.07) is 9.87. The Morgan fingerprint density at radius 2 is 2.09 bits per heavy atom. The minimum absolute atomic E-state index is 0.136. The Morgan fingerprint density at radius 1 is 1.41 bits per heavy atom. The molecule has 0 aliphatic heterocycles. The zero-order valence-corrected chi connectivity index (χ0v) is 14.2. The number of amides is 2. The van der Waals surface area contributed by atoms with Crippen LogP contribution in [0.1, 0.15) is 12.5 Å². The highest BCUT2D eigenvalue weighted by Gasteiger charge is 2.17. The maximum atomic E-state index is 12.3. The van der Waals surface area contributed by atoms with E-state index in [1.165, 1.54) is 0 Å². The van der Waals surface area contributed by atoms with E-state index >= 15 is 0 Å². The van der Waals surface area contributed by atoms with Crippen molar-refractivity contribution in [2.75, 3.05) is 24.4 Å². The molecular formula is C16H22N4OS. The van der Waals surface area contributed by atoms with Gasteiger partial charge in [0.25, 0.3) is 0 Å². The van der Waals surface area contributed by atoms with Gasteiger partial charge in [-0.25, -0.2) is 9.48 Å². The molecule has 1 heterocycles. The van der Waals surface area contributed by atoms with E-state index < -0.39 is 0 Å². The highest BCUT2D eigenvalue weighted by molar-refractivity contribution is 7.98. The minimum Gasteiger partial charge on any atom is -0.324 e. The van der Waals surface area contributed by atoms with E-state index in [9.17, 15) is 4.79 Å². The van der Waals surface area contributed by atoms with Crippen molar-refractivity contribution in [3.63, 3.8) is 0 Å². The first-order chi connectivity index (χ1) is 10.5. The number of benzene rings is 1. The Morgan fingerprint density at radius 3 is 2.73 bits per heavy atom. The van der Waals surface area contributed by atoms with E-state index in [4.69, 9.17) is 0 Å². The first-order valence-corrected chi connectivity index (χ1v) is 8.56. The van der Waals surface area contributed by atoms with Gasteiger partial charge in [0.1, 0.15) is 0 Å². The van der Waals surface area contributed by atoms with Crippen molar-refractivity contribution in [1.82, 2.24) is 14.7 Å². The summed E-state index contributed by atoms with van der Waals surface area (Å²) in [5, 5.41) is 7.35. The van der Waals surface area contributed by atoms with Crippen molar-refractivity contribution in [3.8, 4) is 5.69 Å². The van der Waals surface area contributed by atoms with E-state index in [0.29, 0.717) is 5.82 Å². The molecule has 2 rings (SSSR count). The van der Waals surface area contributed by atoms with Gasteiger partial charge in [0, 0.05) is 30.6 Å². The predicted octanol–water partition coefficient (Wildman–Crippen LogP) is 3.40. The number of rotatable bonds is 5. The Labute approximate surface area is 135 Å². The molecule has 1 N–H and O–H groups in total. The number of nitrogens with one attached hydrogen (secondary N) is 1. The number of hydrogen-bond acceptors (Lipinski definition) is 3. The fourth-order valence-electron chi connectivity index (χ4n) is 2.04. The molecule has 0 saturated heterocycles. The van der Waals surface area contributed by atoms with Gasteiger partial charge >= 0.3 is 6.03 Å². The lowest BCUT2D eigenvalue weighted by Crippen LogP contribution is -2.39. The second kappa shape index (κ2) is 7.35. The molecule has 1 atom stereocenters. The van der Waals surface area contributed by atoms with Gasteiger partial charge in [0.2, 0.25) is 0 Å². The van der Waals surface area contributed by atoms with Crippen LogP contribution < -0.4 is 5.32 Å². The van der Waals surface area contributed by atoms with Crippen molar-refractivity contribution in [2.45, 2.75) is 19.9 Å². The standard InChI is InChI=1S/C16H22N4OS/c1-12-10-20(14-8-6-5-7-9-14)18-15(12)17-16(21)19(3)13(2)11-22-4/h5-10,13H,11H2,1-4H3,(H,17,18,21)/t13-/m0/s1. The summed E-state index contributed by atoms with van der Waals surface area (Å²) in [5.41, 5.74) is 1.90. The van der Waals surface area contributed by atoms with Gasteiger partial charge in [0.05, 0.1) is 5.69 Å². The van der Waals surface area contributed by atoms with Crippen molar-refractivity contribution in [1.29, 1.82) is 0 Å². The molecule has 0 aliphatic rings. The van der Waals surface area contributed by atoms with Crippen LogP contribution in [0.15, 0.2) is 36.5 Å². The molecule has 5 nitrogen and oxygen atoms in total. The molecule has 2 amide bonds. The van der Waals surface area contributed by atoms with E-state index in [-0.39, 0.29) is 12.1 Å². The lowest BCUT2D eigenvalue weighted by atomic mass is 10.3. The molecule has 0 radical (unpaired) electrons. The number of nitrogens with zero attached hydrogens (tertiary/aromatic N) is 3. The number of urea groups is 1. The fraction of sp³-hybridized carbons (Fsp3) is 0.375. The molecule has 0 saturated carbocycles. The van der Waals surface area contributed by atoms with Gasteiger partial charge in [-0.1, -0.05) is 18.2 Å². The molecule has 0 fully saturated rings. The quantitative estimate of drug-likeness (QED) is 0.919. The monoisotopic (exact) mass is 318 g/mol. The van der Waals surface area contributed by atoms with Crippen molar-refractivity contribution in [2.24, 2.45) is 0 Å². The third kappa shape index (κ3) is 3.82. The van der Waals surface area contributed by atoms with Gasteiger partial charge in [-0.3, -0.25) is 5.32 Å². The van der Waals surface area contributed by atoms with Crippen LogP contribution in [0, 0.1) is 6.92 Å². The molecule has 1 aromatic heterocycles. The molecule has 2 aromatic rings. The number of hydrogen-bond donors (Lipinski definition) is 1. The number of para-hydroxylation sites is 1. The Bertz CT molecular complexity index is 626. The summed E-state index contributed by atoms with van der Waals surface area (Å²) in [7, 11) is 1.81. The lowest BCUT2D eigenvalue weighted by molar-refractivity contribution is 0.212. The Hall–Kier alpha value is -1.95. The number of thioether (sulfide) groups is 1. The van der Waals surface area contributed by atoms with Crippen molar-refractivity contribution in [3.05, 3.63) is 42.1 Å². The van der Waals surface area contributed by atoms with Gasteiger partial charge in [-0.15, -0.1) is 5.10 Å². The van der Waals surface area contributed by atoms with Crippen LogP contribution in [-0.2, 0) is 0 Å². The van der Waals surface area contributed by atoms with Crippen LogP contribution in [-0.4, -0.2) is 45.8 Å². The molecule has 0 aliphatic carbocycles. The Kier molecular flexibility index (Phi) is 5.49. The molecule has 0 unspecified atom stereocenters. The number of aromatic nitrogens is 2. The van der Waals surface area contributed by atoms with E-state index in [1.807, 2.05) is 56.6 Å². The van der Waals surface area contributed by atoms with Crippen LogP contribution >= 0.6 is 11.8 Å². The highest BCUT2D eigenvalue weighted by atomic mass is 32.2. The summed E-state index contributed by atoms with van der Waals surface area (Å²) in [5.74, 6) is 1.50. The van der Waals surface area contributed by atoms with Gasteiger partial charge < -0.3 is 4.90 Å². The van der Waals surface area contributed by atoms with Crippen molar-refractivity contribution < 1.29 is 4.79 Å². The Balaban J connectivity index is 2.11. The molecule has 22 heavy (non-hydrogen) atoms. The third-order valence-corrected chi connectivity index (χ3v) is 4.35. The molecule has 6 heteroatoms. The summed E-state index contributed by atoms with van der Waals surface area (Å²) < 4.78 is 1.77. The first kappa shape index (κ1) is 16.4. The predicted molar refractivity (Wildman–Crippen MR) is 92.9 cm³/mol. The van der Waals surface area contributed by atoms with Crippen molar-refractivity contribution >= 4 is 23.6 Å². The molecule has 0 spiro atoms. The minimum atomic E-state index is -0.136. The molecule has 1 aromatic carbocycles. The number of anilines is 1. The van der Waals surface area contributed by atoms with Crippen LogP contribution in [0.25, 0.3) is 5.69 Å². The van der Waals surface area contributed by atoms with E-state index in [2.05, 4.69) is 10.4 Å². The topological polar surface area (TPSA) is 50.2 Å². The van der Waals surface area contributed by atoms with Crippen LogP contribution in [0.2, 0.25) is 0 Å². The van der Waals surface area contributed by atoms with Crippen LogP contribution in [0.4, 0.5) is 10.6 Å². The smallest absolute Gasteiger partial charge is 0.323 e. The number of aryl methyl sites for hydroxylation is 1. The molecule has 118 valence electrons. The maximum absolute atomic E-state index is 12.3.